The van der Waals surface area contributed by atoms with E-state index in [1.165, 1.54) is 18.2 Å². The first-order valence-electron chi connectivity index (χ1n) is 9.48. The standard InChI is InChI=1S/C24H24FNO3/c1-16(11-12-17-9-7-6-8-10-17)24(5)19-15-18(25)13-14-20(19)26(21(24)27)22(28)29-23(2,3)4/h6-10,13-16H,1-5H3/t16-,24+/m0/s1. The largest absolute Gasteiger partial charge is 0.443 e. The van der Waals surface area contributed by atoms with Gasteiger partial charge in [-0.05, 0) is 63.6 Å². The first-order valence-corrected chi connectivity index (χ1v) is 9.48. The summed E-state index contributed by atoms with van der Waals surface area (Å²) in [5.41, 5.74) is -0.368. The molecule has 0 aromatic heterocycles. The van der Waals surface area contributed by atoms with Crippen molar-refractivity contribution in [2.75, 3.05) is 4.90 Å². The van der Waals surface area contributed by atoms with Crippen LogP contribution in [0.1, 0.15) is 45.7 Å². The summed E-state index contributed by atoms with van der Waals surface area (Å²) in [4.78, 5) is 27.2. The number of halogens is 1. The molecule has 0 radical (unpaired) electrons. The average Bonchev–Trinajstić information content (AvgIpc) is 2.87. The van der Waals surface area contributed by atoms with E-state index in [0.717, 1.165) is 10.5 Å². The molecule has 1 aliphatic rings. The van der Waals surface area contributed by atoms with Gasteiger partial charge in [-0.25, -0.2) is 14.1 Å². The highest BCUT2D eigenvalue weighted by Crippen LogP contribution is 2.46. The third-order valence-corrected chi connectivity index (χ3v) is 5.06. The summed E-state index contributed by atoms with van der Waals surface area (Å²) in [5, 5.41) is 0. The number of rotatable bonds is 1. The molecule has 0 unspecified atom stereocenters. The molecule has 0 N–H and O–H groups in total. The highest BCUT2D eigenvalue weighted by molar-refractivity contribution is 6.21. The van der Waals surface area contributed by atoms with Gasteiger partial charge in [-0.3, -0.25) is 4.79 Å². The Bertz CT molecular complexity index is 1010. The summed E-state index contributed by atoms with van der Waals surface area (Å²) in [7, 11) is 0. The molecule has 0 saturated heterocycles. The van der Waals surface area contributed by atoms with Gasteiger partial charge in [0.15, 0.2) is 0 Å². The maximum absolute atomic E-state index is 14.1. The highest BCUT2D eigenvalue weighted by Gasteiger charge is 2.53. The second kappa shape index (κ2) is 7.36. The maximum atomic E-state index is 14.1. The second-order valence-electron chi connectivity index (χ2n) is 8.34. The molecule has 2 aromatic rings. The molecule has 0 aliphatic carbocycles. The normalized spacial score (nSPS) is 19.2. The number of fused-ring (bicyclic) bond motifs is 1. The van der Waals surface area contributed by atoms with Crippen LogP contribution in [-0.4, -0.2) is 17.6 Å². The lowest BCUT2D eigenvalue weighted by Crippen LogP contribution is -2.46. The molecule has 150 valence electrons. The van der Waals surface area contributed by atoms with Crippen LogP contribution in [0.3, 0.4) is 0 Å². The monoisotopic (exact) mass is 393 g/mol. The van der Waals surface area contributed by atoms with E-state index in [1.54, 1.807) is 34.6 Å². The molecule has 0 spiro atoms. The third kappa shape index (κ3) is 3.88. The number of carbonyl (C=O) groups is 2. The second-order valence-corrected chi connectivity index (χ2v) is 8.34. The van der Waals surface area contributed by atoms with Crippen LogP contribution in [0.4, 0.5) is 14.9 Å². The molecule has 2 amide bonds. The molecule has 4 nitrogen and oxygen atoms in total. The summed E-state index contributed by atoms with van der Waals surface area (Å²) in [5.74, 6) is 4.76. The minimum Gasteiger partial charge on any atom is -0.443 e. The van der Waals surface area contributed by atoms with Gasteiger partial charge in [0.2, 0.25) is 5.91 Å². The Balaban J connectivity index is 2.05. The Morgan fingerprint density at radius 2 is 1.83 bits per heavy atom. The Labute approximate surface area is 170 Å². The van der Waals surface area contributed by atoms with Crippen LogP contribution in [0.25, 0.3) is 0 Å². The molecule has 5 heteroatoms. The smallest absolute Gasteiger partial charge is 0.421 e. The zero-order valence-electron chi connectivity index (χ0n) is 17.2. The van der Waals surface area contributed by atoms with Crippen molar-refractivity contribution in [1.29, 1.82) is 0 Å². The van der Waals surface area contributed by atoms with Gasteiger partial charge >= 0.3 is 6.09 Å². The van der Waals surface area contributed by atoms with Gasteiger partial charge in [0.1, 0.15) is 11.4 Å². The number of anilines is 1. The number of imide groups is 1. The van der Waals surface area contributed by atoms with Crippen molar-refractivity contribution in [3.63, 3.8) is 0 Å². The van der Waals surface area contributed by atoms with Crippen LogP contribution in [0, 0.1) is 23.6 Å². The van der Waals surface area contributed by atoms with E-state index in [4.69, 9.17) is 4.74 Å². The van der Waals surface area contributed by atoms with Gasteiger partial charge < -0.3 is 4.74 Å². The van der Waals surface area contributed by atoms with E-state index >= 15 is 0 Å². The Kier molecular flexibility index (Phi) is 5.23. The lowest BCUT2D eigenvalue weighted by molar-refractivity contribution is -0.123. The Morgan fingerprint density at radius 3 is 2.45 bits per heavy atom. The summed E-state index contributed by atoms with van der Waals surface area (Å²) in [6.07, 6.45) is -0.776. The number of hydrogen-bond donors (Lipinski definition) is 0. The van der Waals surface area contributed by atoms with Gasteiger partial charge in [0.05, 0.1) is 11.1 Å². The average molecular weight is 393 g/mol. The van der Waals surface area contributed by atoms with Crippen molar-refractivity contribution in [2.45, 2.75) is 45.6 Å². The SMILES string of the molecule is C[C@@H](C#Cc1ccccc1)[C@@]1(C)C(=O)N(C(=O)OC(C)(C)C)c2ccc(F)cc21. The van der Waals surface area contributed by atoms with Crippen molar-refractivity contribution in [3.05, 3.63) is 65.5 Å². The summed E-state index contributed by atoms with van der Waals surface area (Å²) in [6.45, 7) is 8.68. The minimum absolute atomic E-state index is 0.335. The molecule has 29 heavy (non-hydrogen) atoms. The molecule has 0 saturated carbocycles. The van der Waals surface area contributed by atoms with E-state index in [9.17, 15) is 14.0 Å². The van der Waals surface area contributed by atoms with Crippen LogP contribution in [0.5, 0.6) is 0 Å². The fourth-order valence-corrected chi connectivity index (χ4v) is 3.34. The van der Waals surface area contributed by atoms with Crippen molar-refractivity contribution < 1.29 is 18.7 Å². The fourth-order valence-electron chi connectivity index (χ4n) is 3.34. The lowest BCUT2D eigenvalue weighted by atomic mass is 9.73. The molecule has 1 aliphatic heterocycles. The first-order chi connectivity index (χ1) is 13.5. The molecule has 2 atom stereocenters. The molecular formula is C24H24FNO3. The van der Waals surface area contributed by atoms with E-state index in [-0.39, 0.29) is 0 Å². The number of carbonyl (C=O) groups excluding carboxylic acids is 2. The van der Waals surface area contributed by atoms with Gasteiger partial charge in [0.25, 0.3) is 0 Å². The third-order valence-electron chi connectivity index (χ3n) is 5.06. The van der Waals surface area contributed by atoms with Crippen LogP contribution in [0.2, 0.25) is 0 Å². The number of amides is 2. The molecular weight excluding hydrogens is 369 g/mol. The summed E-state index contributed by atoms with van der Waals surface area (Å²) < 4.78 is 19.5. The fraction of sp³-hybridized carbons (Fsp3) is 0.333. The van der Waals surface area contributed by atoms with Gasteiger partial charge in [-0.15, -0.1) is 0 Å². The topological polar surface area (TPSA) is 46.6 Å². The van der Waals surface area contributed by atoms with Crippen molar-refractivity contribution in [3.8, 4) is 11.8 Å². The zero-order chi connectivity index (χ0) is 21.4. The molecule has 1 heterocycles. The van der Waals surface area contributed by atoms with Crippen molar-refractivity contribution >= 4 is 17.7 Å². The lowest BCUT2D eigenvalue weighted by Gasteiger charge is -2.28. The first kappa shape index (κ1) is 20.6. The number of benzene rings is 2. The van der Waals surface area contributed by atoms with Crippen LogP contribution >= 0.6 is 0 Å². The van der Waals surface area contributed by atoms with Crippen molar-refractivity contribution in [2.24, 2.45) is 5.92 Å². The minimum atomic E-state index is -1.18. The van der Waals surface area contributed by atoms with E-state index in [2.05, 4.69) is 11.8 Å². The van der Waals surface area contributed by atoms with Crippen molar-refractivity contribution in [1.82, 2.24) is 0 Å². The predicted molar refractivity (Wildman–Crippen MR) is 110 cm³/mol. The Morgan fingerprint density at radius 1 is 1.17 bits per heavy atom. The van der Waals surface area contributed by atoms with Gasteiger partial charge in [0, 0.05) is 11.5 Å². The zero-order valence-corrected chi connectivity index (χ0v) is 17.2. The summed E-state index contributed by atoms with van der Waals surface area (Å²) >= 11 is 0. The van der Waals surface area contributed by atoms with Gasteiger partial charge in [-0.1, -0.05) is 37.0 Å². The van der Waals surface area contributed by atoms with Crippen LogP contribution < -0.4 is 4.90 Å². The molecule has 0 fully saturated rings. The van der Waals surface area contributed by atoms with E-state index < -0.39 is 34.8 Å². The number of nitrogens with zero attached hydrogens (tertiary/aromatic N) is 1. The molecule has 3 rings (SSSR count). The quantitative estimate of drug-likeness (QED) is 0.637. The molecule has 2 aromatic carbocycles. The highest BCUT2D eigenvalue weighted by atomic mass is 19.1. The summed E-state index contributed by atoms with van der Waals surface area (Å²) in [6, 6.07) is 13.4. The predicted octanol–water partition coefficient (Wildman–Crippen LogP) is 5.05. The van der Waals surface area contributed by atoms with Crippen LogP contribution in [-0.2, 0) is 14.9 Å². The Hall–Kier alpha value is -3.13. The van der Waals surface area contributed by atoms with E-state index in [0.29, 0.717) is 11.3 Å². The maximum Gasteiger partial charge on any atom is 0.421 e. The van der Waals surface area contributed by atoms with Crippen LogP contribution in [0.15, 0.2) is 48.5 Å². The number of hydrogen-bond acceptors (Lipinski definition) is 3. The van der Waals surface area contributed by atoms with E-state index in [1.807, 2.05) is 30.3 Å². The molecule has 0 bridgehead atoms. The van der Waals surface area contributed by atoms with Gasteiger partial charge in [-0.2, -0.15) is 0 Å². The number of ether oxygens (including phenoxy) is 1.